The van der Waals surface area contributed by atoms with Crippen molar-refractivity contribution in [3.05, 3.63) is 66.8 Å². The Labute approximate surface area is 208 Å². The lowest BCUT2D eigenvalue weighted by molar-refractivity contribution is -0.112. The van der Waals surface area contributed by atoms with Crippen LogP contribution < -0.4 is 11.1 Å². The van der Waals surface area contributed by atoms with E-state index in [0.29, 0.717) is 44.9 Å². The number of nitrogen functional groups attached to an aromatic ring is 1. The van der Waals surface area contributed by atoms with E-state index in [4.69, 9.17) is 5.73 Å². The summed E-state index contributed by atoms with van der Waals surface area (Å²) < 4.78 is 33.8. The van der Waals surface area contributed by atoms with Gasteiger partial charge >= 0.3 is 0 Å². The molecule has 5 rings (SSSR count). The van der Waals surface area contributed by atoms with Crippen LogP contribution in [0.2, 0.25) is 0 Å². The van der Waals surface area contributed by atoms with Gasteiger partial charge in [0.05, 0.1) is 20.8 Å². The normalized spacial score (nSPS) is 14.3. The minimum Gasteiger partial charge on any atom is -0.383 e. The summed E-state index contributed by atoms with van der Waals surface area (Å²) in [4.78, 5) is 20.6. The van der Waals surface area contributed by atoms with Crippen LogP contribution in [0.1, 0.15) is 13.3 Å². The number of halogens is 1. The molecule has 3 heterocycles. The number of carbonyl (C=O) groups excluding carboxylic acids is 1. The number of nitrogens with zero attached hydrogens (tertiary/aromatic N) is 4. The second-order valence-electron chi connectivity index (χ2n) is 8.84. The molecular formula is C26H25FN6O2S. The molecular weight excluding hydrogens is 479 g/mol. The quantitative estimate of drug-likeness (QED) is 0.370. The molecule has 0 unspecified atom stereocenters. The number of hydrogen-bond acceptors (Lipinski definition) is 6. The highest BCUT2D eigenvalue weighted by molar-refractivity contribution is 7.95. The van der Waals surface area contributed by atoms with Gasteiger partial charge in [0.1, 0.15) is 29.3 Å². The second-order valence-corrected chi connectivity index (χ2v) is 11.4. The van der Waals surface area contributed by atoms with E-state index in [0.717, 1.165) is 17.7 Å². The summed E-state index contributed by atoms with van der Waals surface area (Å²) in [7, 11) is -0.490. The first kappa shape index (κ1) is 23.7. The Morgan fingerprint density at radius 1 is 1.17 bits per heavy atom. The number of rotatable bonds is 5. The number of nitrogens with two attached hydrogens (primary N) is 1. The summed E-state index contributed by atoms with van der Waals surface area (Å²) in [6.07, 6.45) is 2.23. The molecule has 184 valence electrons. The maximum atomic E-state index is 15.2. The molecule has 1 aliphatic rings. The lowest BCUT2D eigenvalue weighted by Crippen LogP contribution is -2.23. The number of aryl methyl sites for hydroxylation is 1. The summed E-state index contributed by atoms with van der Waals surface area (Å²) in [6, 6.07) is 12.0. The first-order valence-corrected chi connectivity index (χ1v) is 13.2. The zero-order valence-corrected chi connectivity index (χ0v) is 20.7. The summed E-state index contributed by atoms with van der Waals surface area (Å²) in [6.45, 7) is 5.29. The predicted octanol–water partition coefficient (Wildman–Crippen LogP) is 5.04. The molecule has 1 saturated heterocycles. The molecule has 4 aromatic rings. The van der Waals surface area contributed by atoms with Gasteiger partial charge in [-0.25, -0.2) is 18.6 Å². The van der Waals surface area contributed by atoms with Crippen LogP contribution in [0.25, 0.3) is 33.4 Å². The lowest BCUT2D eigenvalue weighted by atomic mass is 9.98. The van der Waals surface area contributed by atoms with Crippen molar-refractivity contribution < 1.29 is 13.4 Å². The molecule has 0 saturated carbocycles. The number of fused-ring (bicyclic) bond motifs is 1. The van der Waals surface area contributed by atoms with E-state index in [9.17, 15) is 9.00 Å². The summed E-state index contributed by atoms with van der Waals surface area (Å²) in [5.74, 6) is 0.448. The Balaban J connectivity index is 1.66. The van der Waals surface area contributed by atoms with Crippen LogP contribution in [0.5, 0.6) is 0 Å². The largest absolute Gasteiger partial charge is 0.383 e. The molecule has 2 aromatic carbocycles. The van der Waals surface area contributed by atoms with Gasteiger partial charge in [-0.05, 0) is 48.7 Å². The maximum absolute atomic E-state index is 15.2. The highest BCUT2D eigenvalue weighted by Gasteiger charge is 2.24. The summed E-state index contributed by atoms with van der Waals surface area (Å²) >= 11 is 0. The average Bonchev–Trinajstić information content (AvgIpc) is 3.13. The average molecular weight is 505 g/mol. The fourth-order valence-electron chi connectivity index (χ4n) is 4.24. The Kier molecular flexibility index (Phi) is 5.83. The number of nitrogens with one attached hydrogen (secondary N) is 1. The van der Waals surface area contributed by atoms with E-state index in [1.807, 2.05) is 23.7 Å². The van der Waals surface area contributed by atoms with Crippen LogP contribution in [-0.4, -0.2) is 36.2 Å². The van der Waals surface area contributed by atoms with Crippen molar-refractivity contribution in [3.63, 3.8) is 0 Å². The molecule has 0 spiro atoms. The molecule has 2 aromatic heterocycles. The molecule has 0 aliphatic carbocycles. The Bertz CT molecular complexity index is 1660. The first-order valence-electron chi connectivity index (χ1n) is 11.4. The third-order valence-electron chi connectivity index (χ3n) is 6.23. The number of benzene rings is 2. The van der Waals surface area contributed by atoms with Crippen LogP contribution in [-0.2, 0) is 21.6 Å². The standard InChI is InChI=1S/C26H25FN6O2S/c1-15(2)26(34)31-18-8-5-16(6-9-18)23-21(22-24(28)29-14-30-25(22)33(23)3)17-7-10-20(19(27)13-17)32-36(35)11-4-12-36/h5-10,13-14H,1,4,11-12H2,2-3H3,(H,31,34)(H2,28,29,30). The first-order chi connectivity index (χ1) is 17.2. The van der Waals surface area contributed by atoms with Gasteiger partial charge in [-0.3, -0.25) is 4.79 Å². The molecule has 1 amide bonds. The minimum atomic E-state index is -2.34. The van der Waals surface area contributed by atoms with Crippen LogP contribution in [0.15, 0.2) is 65.3 Å². The van der Waals surface area contributed by atoms with Crippen LogP contribution in [0.3, 0.4) is 0 Å². The van der Waals surface area contributed by atoms with Crippen molar-refractivity contribution in [3.8, 4) is 22.4 Å². The van der Waals surface area contributed by atoms with E-state index < -0.39 is 15.5 Å². The summed E-state index contributed by atoms with van der Waals surface area (Å²) in [5, 5.41) is 3.39. The molecule has 36 heavy (non-hydrogen) atoms. The maximum Gasteiger partial charge on any atom is 0.250 e. The van der Waals surface area contributed by atoms with Gasteiger partial charge in [-0.1, -0.05) is 24.8 Å². The van der Waals surface area contributed by atoms with Crippen molar-refractivity contribution in [1.29, 1.82) is 0 Å². The Morgan fingerprint density at radius 3 is 2.47 bits per heavy atom. The Hall–Kier alpha value is -4.05. The monoisotopic (exact) mass is 504 g/mol. The number of carbonyl (C=O) groups is 1. The number of anilines is 2. The van der Waals surface area contributed by atoms with Crippen LogP contribution in [0, 0.1) is 5.82 Å². The SMILES string of the molecule is C=C(C)C(=O)Nc1ccc(-c2c(-c3ccc(N=S4(=O)CCC4)c(F)c3)c3c(N)ncnc3n2C)cc1. The smallest absolute Gasteiger partial charge is 0.250 e. The molecule has 0 radical (unpaired) electrons. The number of hydrogen-bond donors (Lipinski definition) is 2. The van der Waals surface area contributed by atoms with Gasteiger partial charge in [-0.15, -0.1) is 0 Å². The topological polar surface area (TPSA) is 115 Å². The lowest BCUT2D eigenvalue weighted by Gasteiger charge is -2.18. The van der Waals surface area contributed by atoms with Gasteiger partial charge in [-0.2, -0.15) is 4.36 Å². The fraction of sp³-hybridized carbons (Fsp3) is 0.192. The molecule has 1 fully saturated rings. The van der Waals surface area contributed by atoms with Crippen molar-refractivity contribution in [1.82, 2.24) is 14.5 Å². The molecule has 3 N–H and O–H groups in total. The second kappa shape index (κ2) is 8.87. The highest BCUT2D eigenvalue weighted by Crippen LogP contribution is 2.42. The molecule has 1 aliphatic heterocycles. The van der Waals surface area contributed by atoms with Gasteiger partial charge in [0, 0.05) is 35.4 Å². The van der Waals surface area contributed by atoms with E-state index in [2.05, 4.69) is 26.2 Å². The van der Waals surface area contributed by atoms with Crippen molar-refractivity contribution in [2.24, 2.45) is 11.4 Å². The molecule has 0 atom stereocenters. The van der Waals surface area contributed by atoms with Gasteiger partial charge in [0.25, 0.3) is 5.91 Å². The van der Waals surface area contributed by atoms with Crippen molar-refractivity contribution in [2.75, 3.05) is 22.6 Å². The summed E-state index contributed by atoms with van der Waals surface area (Å²) in [5.41, 5.74) is 10.8. The van der Waals surface area contributed by atoms with Crippen LogP contribution >= 0.6 is 0 Å². The fourth-order valence-corrected chi connectivity index (χ4v) is 5.71. The van der Waals surface area contributed by atoms with E-state index >= 15 is 4.39 Å². The number of amides is 1. The zero-order chi connectivity index (χ0) is 25.6. The van der Waals surface area contributed by atoms with Gasteiger partial charge in [0.15, 0.2) is 0 Å². The zero-order valence-electron chi connectivity index (χ0n) is 19.9. The number of aromatic nitrogens is 3. The van der Waals surface area contributed by atoms with E-state index in [1.54, 1.807) is 31.2 Å². The molecule has 8 nitrogen and oxygen atoms in total. The van der Waals surface area contributed by atoms with E-state index in [1.165, 1.54) is 12.4 Å². The predicted molar refractivity (Wildman–Crippen MR) is 142 cm³/mol. The van der Waals surface area contributed by atoms with Crippen molar-refractivity contribution in [2.45, 2.75) is 13.3 Å². The third-order valence-corrected chi connectivity index (χ3v) is 8.61. The molecule has 10 heteroatoms. The van der Waals surface area contributed by atoms with Gasteiger partial charge in [0.2, 0.25) is 0 Å². The minimum absolute atomic E-state index is 0.0899. The van der Waals surface area contributed by atoms with Crippen molar-refractivity contribution >= 4 is 43.9 Å². The van der Waals surface area contributed by atoms with Crippen LogP contribution in [0.4, 0.5) is 21.6 Å². The third kappa shape index (κ3) is 4.13. The molecule has 0 bridgehead atoms. The van der Waals surface area contributed by atoms with E-state index in [-0.39, 0.29) is 17.4 Å². The van der Waals surface area contributed by atoms with Gasteiger partial charge < -0.3 is 15.6 Å². The Morgan fingerprint density at radius 2 is 1.86 bits per heavy atom. The highest BCUT2D eigenvalue weighted by atomic mass is 32.2.